The van der Waals surface area contributed by atoms with Crippen LogP contribution in [0, 0.1) is 5.92 Å². The van der Waals surface area contributed by atoms with Gasteiger partial charge in [-0.3, -0.25) is 0 Å². The van der Waals surface area contributed by atoms with Crippen molar-refractivity contribution in [3.05, 3.63) is 15.9 Å². The molecule has 1 aromatic rings. The highest BCUT2D eigenvalue weighted by Gasteiger charge is 2.19. The number of hydrogen-bond donors (Lipinski definition) is 1. The fraction of sp³-hybridized carbons (Fsp3) is 0.600. The van der Waals surface area contributed by atoms with E-state index in [0.717, 1.165) is 29.8 Å². The van der Waals surface area contributed by atoms with Crippen molar-refractivity contribution >= 4 is 37.3 Å². The Hall–Kier alpha value is 0.0500. The lowest BCUT2D eigenvalue weighted by atomic mass is 10.1. The monoisotopic (exact) mass is 339 g/mol. The molecule has 1 aromatic heterocycles. The molecule has 0 aliphatic carbocycles. The number of sulfonamides is 1. The summed E-state index contributed by atoms with van der Waals surface area (Å²) >= 11 is 4.48. The molecule has 1 atom stereocenters. The zero-order valence-corrected chi connectivity index (χ0v) is 12.4. The third-order valence-electron chi connectivity index (χ3n) is 2.68. The molecule has 0 radical (unpaired) electrons. The maximum absolute atomic E-state index is 11.9. The minimum Gasteiger partial charge on any atom is -0.381 e. The van der Waals surface area contributed by atoms with Gasteiger partial charge in [-0.15, -0.1) is 11.3 Å². The Kier molecular flexibility index (Phi) is 4.59. The third kappa shape index (κ3) is 3.75. The molecule has 2 rings (SSSR count). The largest absolute Gasteiger partial charge is 0.381 e. The standard InChI is InChI=1S/C10H14BrNO3S2/c11-9-1-2-10(16-9)17(13,14)12-5-3-8-4-6-15-7-8/h1-2,8,12H,3-7H2. The zero-order chi connectivity index (χ0) is 12.3. The first-order chi connectivity index (χ1) is 8.08. The molecule has 4 nitrogen and oxygen atoms in total. The average Bonchev–Trinajstić information content (AvgIpc) is 2.89. The lowest BCUT2D eigenvalue weighted by molar-refractivity contribution is 0.184. The Balaban J connectivity index is 1.85. The molecule has 1 aliphatic rings. The van der Waals surface area contributed by atoms with Gasteiger partial charge in [-0.05, 0) is 46.8 Å². The van der Waals surface area contributed by atoms with E-state index in [4.69, 9.17) is 4.74 Å². The molecule has 96 valence electrons. The van der Waals surface area contributed by atoms with Gasteiger partial charge in [0, 0.05) is 19.8 Å². The van der Waals surface area contributed by atoms with Gasteiger partial charge in [0.2, 0.25) is 10.0 Å². The van der Waals surface area contributed by atoms with E-state index < -0.39 is 10.0 Å². The molecule has 1 fully saturated rings. The van der Waals surface area contributed by atoms with E-state index in [1.165, 1.54) is 11.3 Å². The van der Waals surface area contributed by atoms with Gasteiger partial charge in [-0.25, -0.2) is 13.1 Å². The summed E-state index contributed by atoms with van der Waals surface area (Å²) < 4.78 is 32.8. The van der Waals surface area contributed by atoms with Gasteiger partial charge in [0.05, 0.1) is 3.79 Å². The number of halogens is 1. The molecule has 0 saturated carbocycles. The summed E-state index contributed by atoms with van der Waals surface area (Å²) in [7, 11) is -3.33. The summed E-state index contributed by atoms with van der Waals surface area (Å²) in [6, 6.07) is 3.35. The second kappa shape index (κ2) is 5.79. The SMILES string of the molecule is O=S(=O)(NCCC1CCOC1)c1ccc(Br)s1. The third-order valence-corrected chi connectivity index (χ3v) is 6.26. The molecule has 0 amide bonds. The highest BCUT2D eigenvalue weighted by Crippen LogP contribution is 2.25. The van der Waals surface area contributed by atoms with Gasteiger partial charge in [-0.2, -0.15) is 0 Å². The van der Waals surface area contributed by atoms with Crippen molar-refractivity contribution in [1.82, 2.24) is 4.72 Å². The predicted octanol–water partition coefficient (Wildman–Crippen LogP) is 2.22. The van der Waals surface area contributed by atoms with Gasteiger partial charge in [0.15, 0.2) is 0 Å². The first kappa shape index (κ1) is 13.5. The fourth-order valence-corrected chi connectivity index (χ4v) is 4.82. The molecule has 1 saturated heterocycles. The first-order valence-corrected chi connectivity index (χ1v) is 8.50. The average molecular weight is 340 g/mol. The van der Waals surface area contributed by atoms with E-state index in [2.05, 4.69) is 20.7 Å². The van der Waals surface area contributed by atoms with Crippen molar-refractivity contribution in [1.29, 1.82) is 0 Å². The molecule has 2 heterocycles. The number of ether oxygens (including phenoxy) is 1. The van der Waals surface area contributed by atoms with E-state index in [9.17, 15) is 8.42 Å². The number of thiophene rings is 1. The summed E-state index contributed by atoms with van der Waals surface area (Å²) in [6.07, 6.45) is 1.87. The van der Waals surface area contributed by atoms with Gasteiger partial charge >= 0.3 is 0 Å². The van der Waals surface area contributed by atoms with Crippen LogP contribution in [-0.4, -0.2) is 28.2 Å². The van der Waals surface area contributed by atoms with Crippen LogP contribution in [0.15, 0.2) is 20.1 Å². The maximum atomic E-state index is 11.9. The second-order valence-electron chi connectivity index (χ2n) is 3.97. The van der Waals surface area contributed by atoms with Gasteiger partial charge in [0.25, 0.3) is 0 Å². The van der Waals surface area contributed by atoms with E-state index >= 15 is 0 Å². The lowest BCUT2D eigenvalue weighted by Crippen LogP contribution is -2.25. The van der Waals surface area contributed by atoms with Crippen molar-refractivity contribution < 1.29 is 13.2 Å². The predicted molar refractivity (Wildman–Crippen MR) is 70.8 cm³/mol. The Morgan fingerprint density at radius 3 is 2.94 bits per heavy atom. The minimum atomic E-state index is -3.33. The van der Waals surface area contributed by atoms with Crippen LogP contribution >= 0.6 is 27.3 Å². The smallest absolute Gasteiger partial charge is 0.250 e. The molecule has 0 aromatic carbocycles. The van der Waals surface area contributed by atoms with Crippen molar-refractivity contribution in [2.45, 2.75) is 17.1 Å². The summed E-state index contributed by atoms with van der Waals surface area (Å²) in [5.74, 6) is 0.493. The molecule has 0 spiro atoms. The van der Waals surface area contributed by atoms with Crippen molar-refractivity contribution in [2.75, 3.05) is 19.8 Å². The van der Waals surface area contributed by atoms with Crippen LogP contribution in [0.5, 0.6) is 0 Å². The Labute approximate surface area is 114 Å². The van der Waals surface area contributed by atoms with Gasteiger partial charge in [0.1, 0.15) is 4.21 Å². The topological polar surface area (TPSA) is 55.4 Å². The van der Waals surface area contributed by atoms with Crippen LogP contribution in [0.3, 0.4) is 0 Å². The zero-order valence-electron chi connectivity index (χ0n) is 9.19. The van der Waals surface area contributed by atoms with E-state index in [0.29, 0.717) is 16.7 Å². The number of rotatable bonds is 5. The summed E-state index contributed by atoms with van der Waals surface area (Å²) in [6.45, 7) is 2.04. The molecular weight excluding hydrogens is 326 g/mol. The van der Waals surface area contributed by atoms with E-state index in [1.807, 2.05) is 0 Å². The highest BCUT2D eigenvalue weighted by molar-refractivity contribution is 9.11. The summed E-state index contributed by atoms with van der Waals surface area (Å²) in [4.78, 5) is 0. The van der Waals surface area contributed by atoms with Crippen LogP contribution in [0.4, 0.5) is 0 Å². The highest BCUT2D eigenvalue weighted by atomic mass is 79.9. The molecule has 1 aliphatic heterocycles. The van der Waals surface area contributed by atoms with Crippen LogP contribution < -0.4 is 4.72 Å². The summed E-state index contributed by atoms with van der Waals surface area (Å²) in [5.41, 5.74) is 0. The molecule has 17 heavy (non-hydrogen) atoms. The van der Waals surface area contributed by atoms with Crippen LogP contribution in [0.25, 0.3) is 0 Å². The van der Waals surface area contributed by atoms with E-state index in [1.54, 1.807) is 12.1 Å². The Morgan fingerprint density at radius 1 is 1.53 bits per heavy atom. The molecule has 7 heteroatoms. The second-order valence-corrected chi connectivity index (χ2v) is 8.43. The molecule has 1 unspecified atom stereocenters. The van der Waals surface area contributed by atoms with Gasteiger partial charge < -0.3 is 4.74 Å². The molecule has 0 bridgehead atoms. The number of hydrogen-bond acceptors (Lipinski definition) is 4. The molecule has 1 N–H and O–H groups in total. The number of nitrogens with one attached hydrogen (secondary N) is 1. The Morgan fingerprint density at radius 2 is 2.35 bits per heavy atom. The van der Waals surface area contributed by atoms with Gasteiger partial charge in [-0.1, -0.05) is 0 Å². The first-order valence-electron chi connectivity index (χ1n) is 5.41. The quantitative estimate of drug-likeness (QED) is 0.894. The Bertz CT molecular complexity index is 466. The van der Waals surface area contributed by atoms with Crippen molar-refractivity contribution in [3.63, 3.8) is 0 Å². The normalized spacial score (nSPS) is 20.9. The van der Waals surface area contributed by atoms with Crippen LogP contribution in [0.2, 0.25) is 0 Å². The van der Waals surface area contributed by atoms with Crippen LogP contribution in [-0.2, 0) is 14.8 Å². The molecular formula is C10H14BrNO3S2. The van der Waals surface area contributed by atoms with Crippen molar-refractivity contribution in [2.24, 2.45) is 5.92 Å². The summed E-state index contributed by atoms with van der Waals surface area (Å²) in [5, 5.41) is 0. The van der Waals surface area contributed by atoms with Crippen LogP contribution in [0.1, 0.15) is 12.8 Å². The van der Waals surface area contributed by atoms with Crippen molar-refractivity contribution in [3.8, 4) is 0 Å². The maximum Gasteiger partial charge on any atom is 0.250 e. The fourth-order valence-electron chi connectivity index (χ4n) is 1.72. The minimum absolute atomic E-state index is 0.354. The van der Waals surface area contributed by atoms with E-state index in [-0.39, 0.29) is 0 Å². The lowest BCUT2D eigenvalue weighted by Gasteiger charge is -2.08.